The van der Waals surface area contributed by atoms with Crippen molar-refractivity contribution in [1.82, 2.24) is 9.55 Å². The smallest absolute Gasteiger partial charge is 0.326 e. The summed E-state index contributed by atoms with van der Waals surface area (Å²) in [7, 11) is 0. The number of carboxylic acids is 1. The summed E-state index contributed by atoms with van der Waals surface area (Å²) in [5.74, 6) is -1.53. The molecule has 1 aromatic carbocycles. The molecule has 0 amide bonds. The maximum Gasteiger partial charge on any atom is 0.326 e. The van der Waals surface area contributed by atoms with E-state index in [2.05, 4.69) is 4.98 Å². The number of fused-ring (bicyclic) bond motifs is 1. The zero-order valence-corrected chi connectivity index (χ0v) is 12.8. The molecule has 0 aliphatic rings. The number of thioether (sulfide) groups is 1. The molecule has 1 heterocycles. The lowest BCUT2D eigenvalue weighted by Crippen LogP contribution is -2.14. The van der Waals surface area contributed by atoms with E-state index in [4.69, 9.17) is 21.4 Å². The number of nitrogens with zero attached hydrogens (tertiary/aromatic N) is 2. The molecule has 2 rings (SSSR count). The van der Waals surface area contributed by atoms with Gasteiger partial charge in [0.25, 0.3) is 0 Å². The van der Waals surface area contributed by atoms with Crippen LogP contribution in [0.5, 0.6) is 0 Å². The van der Waals surface area contributed by atoms with Gasteiger partial charge in [-0.05, 0) is 19.1 Å². The average molecular weight is 329 g/mol. The molecule has 2 aromatic rings. The molecule has 0 saturated carbocycles. The second-order valence-corrected chi connectivity index (χ2v) is 5.43. The van der Waals surface area contributed by atoms with E-state index in [0.717, 1.165) is 11.8 Å². The van der Waals surface area contributed by atoms with Crippen molar-refractivity contribution in [2.75, 3.05) is 12.4 Å². The molecule has 1 aromatic heterocycles. The van der Waals surface area contributed by atoms with Gasteiger partial charge in [0.05, 0.1) is 28.4 Å². The average Bonchev–Trinajstić information content (AvgIpc) is 2.76. The van der Waals surface area contributed by atoms with E-state index in [1.54, 1.807) is 29.7 Å². The lowest BCUT2D eigenvalue weighted by molar-refractivity contribution is -0.143. The van der Waals surface area contributed by atoms with E-state index in [0.29, 0.717) is 21.2 Å². The molecule has 6 nitrogen and oxygen atoms in total. The summed E-state index contributed by atoms with van der Waals surface area (Å²) in [6.07, 6.45) is 0. The summed E-state index contributed by atoms with van der Waals surface area (Å²) in [5.41, 5.74) is 1.21. The van der Waals surface area contributed by atoms with Crippen molar-refractivity contribution in [3.05, 3.63) is 23.2 Å². The highest BCUT2D eigenvalue weighted by molar-refractivity contribution is 7.99. The first-order valence-electron chi connectivity index (χ1n) is 6.18. The molecule has 0 atom stereocenters. The molecular weight excluding hydrogens is 316 g/mol. The Labute approximate surface area is 130 Å². The molecule has 0 aliphatic heterocycles. The molecular formula is C13H13ClN2O4S. The number of carbonyl (C=O) groups is 2. The van der Waals surface area contributed by atoms with Gasteiger partial charge in [-0.1, -0.05) is 29.4 Å². The molecule has 0 radical (unpaired) electrons. The minimum Gasteiger partial charge on any atom is -0.481 e. The molecule has 0 bridgehead atoms. The molecule has 0 spiro atoms. The molecule has 0 fully saturated rings. The van der Waals surface area contributed by atoms with Crippen LogP contribution in [0.2, 0.25) is 5.02 Å². The summed E-state index contributed by atoms with van der Waals surface area (Å²) in [6.45, 7) is 1.93. The van der Waals surface area contributed by atoms with E-state index in [1.165, 1.54) is 0 Å². The number of imidazole rings is 1. The van der Waals surface area contributed by atoms with Gasteiger partial charge in [0.1, 0.15) is 6.54 Å². The first-order chi connectivity index (χ1) is 10.0. The van der Waals surface area contributed by atoms with Gasteiger partial charge in [-0.3, -0.25) is 9.59 Å². The molecule has 112 valence electrons. The summed E-state index contributed by atoms with van der Waals surface area (Å²) in [6, 6.07) is 5.20. The summed E-state index contributed by atoms with van der Waals surface area (Å²) in [5, 5.41) is 9.66. The minimum atomic E-state index is -0.958. The number of hydrogen-bond acceptors (Lipinski definition) is 5. The molecule has 0 saturated heterocycles. The highest BCUT2D eigenvalue weighted by atomic mass is 35.5. The van der Waals surface area contributed by atoms with Crippen molar-refractivity contribution in [2.45, 2.75) is 18.6 Å². The van der Waals surface area contributed by atoms with Gasteiger partial charge >= 0.3 is 11.9 Å². The van der Waals surface area contributed by atoms with Crippen LogP contribution >= 0.6 is 23.4 Å². The maximum atomic E-state index is 11.7. The Hall–Kier alpha value is -1.73. The van der Waals surface area contributed by atoms with Gasteiger partial charge in [-0.25, -0.2) is 4.98 Å². The standard InChI is InChI=1S/C13H13ClN2O4S/c1-2-20-11(19)6-16-12-8(14)4-3-5-9(12)15-13(16)21-7-10(17)18/h3-5H,2,6-7H2,1H3,(H,17,18). The highest BCUT2D eigenvalue weighted by Gasteiger charge is 2.17. The summed E-state index contributed by atoms with van der Waals surface area (Å²) < 4.78 is 6.51. The first-order valence-corrected chi connectivity index (χ1v) is 7.54. The van der Waals surface area contributed by atoms with Crippen LogP contribution in [0.1, 0.15) is 6.92 Å². The lowest BCUT2D eigenvalue weighted by Gasteiger charge is -2.08. The number of halogens is 1. The third-order valence-corrected chi connectivity index (χ3v) is 3.87. The molecule has 8 heteroatoms. The monoisotopic (exact) mass is 328 g/mol. The number of benzene rings is 1. The topological polar surface area (TPSA) is 81.4 Å². The van der Waals surface area contributed by atoms with E-state index >= 15 is 0 Å². The van der Waals surface area contributed by atoms with Crippen molar-refractivity contribution >= 4 is 46.3 Å². The van der Waals surface area contributed by atoms with E-state index in [-0.39, 0.29) is 18.9 Å². The number of aliphatic carboxylic acids is 1. The van der Waals surface area contributed by atoms with Crippen LogP contribution < -0.4 is 0 Å². The van der Waals surface area contributed by atoms with E-state index in [9.17, 15) is 9.59 Å². The Balaban J connectivity index is 2.43. The van der Waals surface area contributed by atoms with Crippen LogP contribution in [-0.4, -0.2) is 39.0 Å². The van der Waals surface area contributed by atoms with E-state index in [1.807, 2.05) is 0 Å². The Kier molecular flexibility index (Phi) is 5.08. The second kappa shape index (κ2) is 6.82. The number of carbonyl (C=O) groups excluding carboxylic acids is 1. The number of para-hydroxylation sites is 1. The van der Waals surface area contributed by atoms with Gasteiger partial charge in [0, 0.05) is 0 Å². The normalized spacial score (nSPS) is 10.8. The van der Waals surface area contributed by atoms with Gasteiger partial charge in [0.15, 0.2) is 5.16 Å². The van der Waals surface area contributed by atoms with Crippen LogP contribution in [0.15, 0.2) is 23.4 Å². The molecule has 0 unspecified atom stereocenters. The van der Waals surface area contributed by atoms with Crippen molar-refractivity contribution < 1.29 is 19.4 Å². The number of aromatic nitrogens is 2. The van der Waals surface area contributed by atoms with Gasteiger partial charge in [0.2, 0.25) is 0 Å². The Bertz CT molecular complexity index is 686. The molecule has 0 aliphatic carbocycles. The largest absolute Gasteiger partial charge is 0.481 e. The minimum absolute atomic E-state index is 0.0595. The number of rotatable bonds is 6. The Morgan fingerprint density at radius 1 is 1.48 bits per heavy atom. The fraction of sp³-hybridized carbons (Fsp3) is 0.308. The maximum absolute atomic E-state index is 11.7. The number of ether oxygens (including phenoxy) is 1. The Morgan fingerprint density at radius 2 is 2.24 bits per heavy atom. The van der Waals surface area contributed by atoms with Crippen LogP contribution in [-0.2, 0) is 20.9 Å². The van der Waals surface area contributed by atoms with Crippen molar-refractivity contribution in [2.24, 2.45) is 0 Å². The number of hydrogen-bond donors (Lipinski definition) is 1. The first kappa shape index (κ1) is 15.7. The Morgan fingerprint density at radius 3 is 2.90 bits per heavy atom. The van der Waals surface area contributed by atoms with Gasteiger partial charge in [-0.2, -0.15) is 0 Å². The molecule has 1 N–H and O–H groups in total. The van der Waals surface area contributed by atoms with Crippen molar-refractivity contribution in [3.63, 3.8) is 0 Å². The predicted octanol–water partition coefficient (Wildman–Crippen LogP) is 2.43. The third-order valence-electron chi connectivity index (χ3n) is 2.60. The van der Waals surface area contributed by atoms with Crippen LogP contribution in [0, 0.1) is 0 Å². The summed E-state index contributed by atoms with van der Waals surface area (Å²) in [4.78, 5) is 26.8. The van der Waals surface area contributed by atoms with Crippen molar-refractivity contribution in [1.29, 1.82) is 0 Å². The van der Waals surface area contributed by atoms with Crippen molar-refractivity contribution in [3.8, 4) is 0 Å². The van der Waals surface area contributed by atoms with Gasteiger partial charge in [-0.15, -0.1) is 0 Å². The molecule has 21 heavy (non-hydrogen) atoms. The second-order valence-electron chi connectivity index (χ2n) is 4.08. The third kappa shape index (κ3) is 3.68. The van der Waals surface area contributed by atoms with Crippen LogP contribution in [0.25, 0.3) is 11.0 Å². The predicted molar refractivity (Wildman–Crippen MR) is 79.7 cm³/mol. The zero-order chi connectivity index (χ0) is 15.4. The van der Waals surface area contributed by atoms with Gasteiger partial charge < -0.3 is 14.4 Å². The zero-order valence-electron chi connectivity index (χ0n) is 11.2. The van der Waals surface area contributed by atoms with Crippen LogP contribution in [0.4, 0.5) is 0 Å². The van der Waals surface area contributed by atoms with E-state index < -0.39 is 11.9 Å². The van der Waals surface area contributed by atoms with Crippen LogP contribution in [0.3, 0.4) is 0 Å². The fourth-order valence-electron chi connectivity index (χ4n) is 1.84. The number of carboxylic acid groups (broad SMARTS) is 1. The summed E-state index contributed by atoms with van der Waals surface area (Å²) >= 11 is 7.20. The lowest BCUT2D eigenvalue weighted by atomic mass is 10.3. The highest BCUT2D eigenvalue weighted by Crippen LogP contribution is 2.29. The SMILES string of the molecule is CCOC(=O)Cn1c(SCC(=O)O)nc2cccc(Cl)c21. The fourth-order valence-corrected chi connectivity index (χ4v) is 2.84. The quantitative estimate of drug-likeness (QED) is 0.648. The number of esters is 1.